The third-order valence-electron chi connectivity index (χ3n) is 2.67. The summed E-state index contributed by atoms with van der Waals surface area (Å²) in [4.78, 5) is 1.28. The number of hydrogen-bond acceptors (Lipinski definition) is 4. The van der Waals surface area contributed by atoms with E-state index in [0.717, 1.165) is 23.3 Å². The maximum absolute atomic E-state index is 4.16. The predicted molar refractivity (Wildman–Crippen MR) is 71.0 cm³/mol. The largest absolute Gasteiger partial charge is 0.308 e. The first-order valence-corrected chi connectivity index (χ1v) is 7.32. The van der Waals surface area contributed by atoms with E-state index in [-0.39, 0.29) is 0 Å². The molecular weight excluding hydrogens is 300 g/mol. The number of aromatic nitrogens is 3. The standard InChI is InChI=1S/C11H13BrN4S/c12-8-3-11(17-7-8)6-16-5-10(14-15-16)4-13-9-1-2-9/h3,5,7,9,13H,1-2,4,6H2. The molecule has 0 spiro atoms. The maximum Gasteiger partial charge on any atom is 0.0965 e. The Balaban J connectivity index is 1.59. The summed E-state index contributed by atoms with van der Waals surface area (Å²) >= 11 is 5.18. The summed E-state index contributed by atoms with van der Waals surface area (Å²) in [5.74, 6) is 0. The minimum absolute atomic E-state index is 0.716. The SMILES string of the molecule is Brc1csc(Cn2cc(CNC3CC3)nn2)c1. The van der Waals surface area contributed by atoms with E-state index in [1.807, 2.05) is 10.9 Å². The van der Waals surface area contributed by atoms with Crippen LogP contribution in [0.25, 0.3) is 0 Å². The molecule has 17 heavy (non-hydrogen) atoms. The van der Waals surface area contributed by atoms with Crippen LogP contribution in [0.2, 0.25) is 0 Å². The van der Waals surface area contributed by atoms with Gasteiger partial charge < -0.3 is 5.32 Å². The molecule has 1 aliphatic rings. The highest BCUT2D eigenvalue weighted by Gasteiger charge is 2.20. The monoisotopic (exact) mass is 312 g/mol. The van der Waals surface area contributed by atoms with Crippen LogP contribution in [0.3, 0.4) is 0 Å². The second-order valence-electron chi connectivity index (χ2n) is 4.29. The van der Waals surface area contributed by atoms with Crippen LogP contribution in [-0.4, -0.2) is 21.0 Å². The molecule has 4 nitrogen and oxygen atoms in total. The minimum Gasteiger partial charge on any atom is -0.308 e. The Bertz CT molecular complexity index is 503. The molecule has 0 atom stereocenters. The van der Waals surface area contributed by atoms with Gasteiger partial charge in [-0.05, 0) is 34.8 Å². The van der Waals surface area contributed by atoms with Crippen molar-refractivity contribution in [2.45, 2.75) is 32.0 Å². The third-order valence-corrected chi connectivity index (χ3v) is 4.36. The van der Waals surface area contributed by atoms with Gasteiger partial charge in [0.25, 0.3) is 0 Å². The van der Waals surface area contributed by atoms with Gasteiger partial charge in [-0.15, -0.1) is 16.4 Å². The van der Waals surface area contributed by atoms with Crippen molar-refractivity contribution in [1.29, 1.82) is 0 Å². The fraction of sp³-hybridized carbons (Fsp3) is 0.455. The Morgan fingerprint density at radius 1 is 1.53 bits per heavy atom. The van der Waals surface area contributed by atoms with Gasteiger partial charge in [-0.25, -0.2) is 4.68 Å². The van der Waals surface area contributed by atoms with Gasteiger partial charge in [0.2, 0.25) is 0 Å². The van der Waals surface area contributed by atoms with Crippen LogP contribution in [0.15, 0.2) is 22.1 Å². The zero-order valence-electron chi connectivity index (χ0n) is 9.27. The highest BCUT2D eigenvalue weighted by molar-refractivity contribution is 9.10. The first-order chi connectivity index (χ1) is 8.29. The van der Waals surface area contributed by atoms with Crippen LogP contribution >= 0.6 is 27.3 Å². The molecule has 1 saturated carbocycles. The Kier molecular flexibility index (Phi) is 3.26. The number of nitrogens with zero attached hydrogens (tertiary/aromatic N) is 3. The van der Waals surface area contributed by atoms with Crippen LogP contribution in [0.4, 0.5) is 0 Å². The maximum atomic E-state index is 4.16. The Labute approximate surface area is 112 Å². The fourth-order valence-corrected chi connectivity index (χ4v) is 3.07. The second kappa shape index (κ2) is 4.88. The lowest BCUT2D eigenvalue weighted by Crippen LogP contribution is -2.15. The number of hydrogen-bond donors (Lipinski definition) is 1. The average Bonchev–Trinajstić information content (AvgIpc) is 2.90. The number of nitrogens with one attached hydrogen (secondary N) is 1. The molecule has 2 heterocycles. The van der Waals surface area contributed by atoms with Gasteiger partial charge in [-0.2, -0.15) is 0 Å². The molecule has 1 fully saturated rings. The van der Waals surface area contributed by atoms with Crippen molar-refractivity contribution < 1.29 is 0 Å². The summed E-state index contributed by atoms with van der Waals surface area (Å²) < 4.78 is 3.02. The predicted octanol–water partition coefficient (Wildman–Crippen LogP) is 2.40. The van der Waals surface area contributed by atoms with Gasteiger partial charge >= 0.3 is 0 Å². The first kappa shape index (κ1) is 11.4. The van der Waals surface area contributed by atoms with Crippen LogP contribution in [-0.2, 0) is 13.1 Å². The van der Waals surface area contributed by atoms with Crippen LogP contribution in [0, 0.1) is 0 Å². The van der Waals surface area contributed by atoms with Gasteiger partial charge in [0.15, 0.2) is 0 Å². The van der Waals surface area contributed by atoms with Crippen molar-refractivity contribution in [3.8, 4) is 0 Å². The molecule has 0 unspecified atom stereocenters. The Morgan fingerprint density at radius 3 is 3.12 bits per heavy atom. The normalized spacial score (nSPS) is 15.4. The Hall–Kier alpha value is -0.720. The van der Waals surface area contributed by atoms with Gasteiger partial charge in [0, 0.05) is 27.3 Å². The van der Waals surface area contributed by atoms with E-state index in [1.165, 1.54) is 17.7 Å². The highest BCUT2D eigenvalue weighted by Crippen LogP contribution is 2.21. The minimum atomic E-state index is 0.716. The summed E-state index contributed by atoms with van der Waals surface area (Å²) in [5.41, 5.74) is 1.02. The van der Waals surface area contributed by atoms with E-state index >= 15 is 0 Å². The smallest absolute Gasteiger partial charge is 0.0965 e. The van der Waals surface area contributed by atoms with Crippen molar-refractivity contribution in [2.75, 3.05) is 0 Å². The zero-order chi connectivity index (χ0) is 11.7. The molecule has 0 bridgehead atoms. The lowest BCUT2D eigenvalue weighted by atomic mass is 10.4. The molecule has 2 aromatic heterocycles. The van der Waals surface area contributed by atoms with Crippen LogP contribution < -0.4 is 5.32 Å². The summed E-state index contributed by atoms with van der Waals surface area (Å²) in [6.07, 6.45) is 4.62. The third kappa shape index (κ3) is 3.14. The molecule has 1 N–H and O–H groups in total. The lowest BCUT2D eigenvalue weighted by Gasteiger charge is -1.97. The van der Waals surface area contributed by atoms with E-state index in [1.54, 1.807) is 11.3 Å². The van der Waals surface area contributed by atoms with E-state index in [9.17, 15) is 0 Å². The quantitative estimate of drug-likeness (QED) is 0.922. The molecule has 0 amide bonds. The van der Waals surface area contributed by atoms with Crippen molar-refractivity contribution in [3.63, 3.8) is 0 Å². The topological polar surface area (TPSA) is 42.7 Å². The lowest BCUT2D eigenvalue weighted by molar-refractivity contribution is 0.651. The van der Waals surface area contributed by atoms with Gasteiger partial charge in [0.05, 0.1) is 18.4 Å². The van der Waals surface area contributed by atoms with Gasteiger partial charge in [-0.1, -0.05) is 5.21 Å². The van der Waals surface area contributed by atoms with Gasteiger partial charge in [-0.3, -0.25) is 0 Å². The average molecular weight is 313 g/mol. The molecule has 3 rings (SSSR count). The molecule has 1 aliphatic carbocycles. The summed E-state index contributed by atoms with van der Waals surface area (Å²) in [7, 11) is 0. The van der Waals surface area contributed by atoms with E-state index in [2.05, 4.69) is 43.0 Å². The van der Waals surface area contributed by atoms with Gasteiger partial charge in [0.1, 0.15) is 0 Å². The number of halogens is 1. The molecule has 0 aliphatic heterocycles. The van der Waals surface area contributed by atoms with Crippen LogP contribution in [0.5, 0.6) is 0 Å². The van der Waals surface area contributed by atoms with Crippen molar-refractivity contribution in [2.24, 2.45) is 0 Å². The van der Waals surface area contributed by atoms with E-state index in [0.29, 0.717) is 6.04 Å². The first-order valence-electron chi connectivity index (χ1n) is 5.65. The zero-order valence-corrected chi connectivity index (χ0v) is 11.7. The number of thiophene rings is 1. The summed E-state index contributed by atoms with van der Waals surface area (Å²) in [6, 6.07) is 2.84. The fourth-order valence-electron chi connectivity index (χ4n) is 1.63. The number of rotatable bonds is 5. The molecular formula is C11H13BrN4S. The molecule has 6 heteroatoms. The van der Waals surface area contributed by atoms with Crippen molar-refractivity contribution in [1.82, 2.24) is 20.3 Å². The van der Waals surface area contributed by atoms with Crippen molar-refractivity contribution >= 4 is 27.3 Å². The van der Waals surface area contributed by atoms with Crippen LogP contribution in [0.1, 0.15) is 23.4 Å². The molecule has 0 aromatic carbocycles. The highest BCUT2D eigenvalue weighted by atomic mass is 79.9. The van der Waals surface area contributed by atoms with E-state index < -0.39 is 0 Å². The molecule has 0 radical (unpaired) electrons. The summed E-state index contributed by atoms with van der Waals surface area (Å²) in [5, 5.41) is 13.8. The molecule has 0 saturated heterocycles. The van der Waals surface area contributed by atoms with Crippen molar-refractivity contribution in [3.05, 3.63) is 32.7 Å². The Morgan fingerprint density at radius 2 is 2.41 bits per heavy atom. The molecule has 2 aromatic rings. The molecule has 90 valence electrons. The summed E-state index contributed by atoms with van der Waals surface area (Å²) in [6.45, 7) is 1.63. The van der Waals surface area contributed by atoms with E-state index in [4.69, 9.17) is 0 Å². The second-order valence-corrected chi connectivity index (χ2v) is 6.21.